The van der Waals surface area contributed by atoms with Gasteiger partial charge in [0.25, 0.3) is 5.91 Å². The molecule has 4 amide bonds. The Hall–Kier alpha value is -2.51. The van der Waals surface area contributed by atoms with Crippen molar-refractivity contribution in [2.75, 3.05) is 11.9 Å². The third-order valence-electron chi connectivity index (χ3n) is 3.32. The molecule has 1 aliphatic heterocycles. The van der Waals surface area contributed by atoms with E-state index in [4.69, 9.17) is 0 Å². The summed E-state index contributed by atoms with van der Waals surface area (Å²) in [5, 5.41) is 4.83. The molecule has 1 atom stereocenters. The molecule has 0 aromatic heterocycles. The summed E-state index contributed by atoms with van der Waals surface area (Å²) >= 11 is 0. The zero-order chi connectivity index (χ0) is 17.1. The highest BCUT2D eigenvalue weighted by Gasteiger charge is 2.38. The van der Waals surface area contributed by atoms with Gasteiger partial charge in [0.05, 0.1) is 0 Å². The van der Waals surface area contributed by atoms with Crippen LogP contribution in [0.2, 0.25) is 0 Å². The lowest BCUT2D eigenvalue weighted by Gasteiger charge is -2.13. The second-order valence-electron chi connectivity index (χ2n) is 5.73. The van der Waals surface area contributed by atoms with Gasteiger partial charge in [-0.2, -0.15) is 0 Å². The summed E-state index contributed by atoms with van der Waals surface area (Å²) in [5.74, 6) is -3.07. The van der Waals surface area contributed by atoms with Crippen LogP contribution in [0.15, 0.2) is 18.2 Å². The number of hydrogen-bond acceptors (Lipinski definition) is 3. The van der Waals surface area contributed by atoms with Crippen LogP contribution in [0.1, 0.15) is 20.3 Å². The molecule has 1 heterocycles. The van der Waals surface area contributed by atoms with Crippen molar-refractivity contribution in [2.45, 2.75) is 26.3 Å². The van der Waals surface area contributed by atoms with Crippen LogP contribution in [-0.4, -0.2) is 35.3 Å². The number of urea groups is 1. The van der Waals surface area contributed by atoms with Gasteiger partial charge in [-0.15, -0.1) is 0 Å². The molecule has 0 aliphatic carbocycles. The smallest absolute Gasteiger partial charge is 0.325 e. The minimum atomic E-state index is -1.10. The second-order valence-corrected chi connectivity index (χ2v) is 5.73. The maximum Gasteiger partial charge on any atom is 0.325 e. The quantitative estimate of drug-likeness (QED) is 0.811. The maximum atomic E-state index is 13.1. The number of amides is 4. The molecule has 1 aromatic rings. The lowest BCUT2D eigenvalue weighted by molar-refractivity contribution is -0.131. The van der Waals surface area contributed by atoms with Crippen molar-refractivity contribution >= 4 is 23.5 Å². The largest absolute Gasteiger partial charge is 0.326 e. The Morgan fingerprint density at radius 3 is 2.61 bits per heavy atom. The molecule has 1 saturated heterocycles. The summed E-state index contributed by atoms with van der Waals surface area (Å²) in [7, 11) is 0. The Labute approximate surface area is 131 Å². The van der Waals surface area contributed by atoms with Crippen molar-refractivity contribution in [2.24, 2.45) is 5.92 Å². The molecule has 1 aliphatic rings. The van der Waals surface area contributed by atoms with Gasteiger partial charge in [-0.05, 0) is 24.5 Å². The molecular weight excluding hydrogens is 308 g/mol. The molecular formula is C15H17F2N3O3. The lowest BCUT2D eigenvalue weighted by atomic mass is 10.0. The monoisotopic (exact) mass is 325 g/mol. The van der Waals surface area contributed by atoms with E-state index in [-0.39, 0.29) is 11.6 Å². The predicted octanol–water partition coefficient (Wildman–Crippen LogP) is 1.87. The van der Waals surface area contributed by atoms with Gasteiger partial charge in [0, 0.05) is 11.8 Å². The molecule has 6 nitrogen and oxygen atoms in total. The first kappa shape index (κ1) is 16.9. The number of imide groups is 1. The molecule has 8 heteroatoms. The summed E-state index contributed by atoms with van der Waals surface area (Å²) in [6, 6.07) is 1.60. The van der Waals surface area contributed by atoms with E-state index in [0.29, 0.717) is 6.42 Å². The van der Waals surface area contributed by atoms with E-state index in [1.54, 1.807) is 0 Å². The van der Waals surface area contributed by atoms with E-state index in [1.165, 1.54) is 6.07 Å². The summed E-state index contributed by atoms with van der Waals surface area (Å²) in [5.41, 5.74) is 0.0414. The minimum Gasteiger partial charge on any atom is -0.326 e. The number of nitrogens with one attached hydrogen (secondary N) is 2. The van der Waals surface area contributed by atoms with Crippen molar-refractivity contribution in [3.8, 4) is 0 Å². The fourth-order valence-electron chi connectivity index (χ4n) is 2.28. The maximum absolute atomic E-state index is 13.1. The van der Waals surface area contributed by atoms with Gasteiger partial charge in [-0.25, -0.2) is 13.6 Å². The van der Waals surface area contributed by atoms with Crippen LogP contribution in [0.4, 0.5) is 19.3 Å². The number of rotatable bonds is 5. The Morgan fingerprint density at radius 1 is 1.30 bits per heavy atom. The number of carbonyl (C=O) groups excluding carboxylic acids is 3. The van der Waals surface area contributed by atoms with Crippen LogP contribution in [0.3, 0.4) is 0 Å². The van der Waals surface area contributed by atoms with E-state index < -0.39 is 42.1 Å². The Kier molecular flexibility index (Phi) is 4.92. The number of anilines is 1. The molecule has 2 N–H and O–H groups in total. The molecule has 0 unspecified atom stereocenters. The number of halogens is 2. The van der Waals surface area contributed by atoms with Crippen molar-refractivity contribution < 1.29 is 23.2 Å². The first-order chi connectivity index (χ1) is 10.8. The number of hydrogen-bond donors (Lipinski definition) is 2. The van der Waals surface area contributed by atoms with Gasteiger partial charge in [0.15, 0.2) is 11.6 Å². The van der Waals surface area contributed by atoms with Gasteiger partial charge in [0.1, 0.15) is 12.6 Å². The zero-order valence-corrected chi connectivity index (χ0v) is 12.7. The highest BCUT2D eigenvalue weighted by molar-refractivity contribution is 6.07. The molecule has 0 saturated carbocycles. The highest BCUT2D eigenvalue weighted by Crippen LogP contribution is 2.15. The van der Waals surface area contributed by atoms with Crippen LogP contribution in [-0.2, 0) is 9.59 Å². The Morgan fingerprint density at radius 2 is 2.00 bits per heavy atom. The number of carbonyl (C=O) groups is 3. The van der Waals surface area contributed by atoms with Crippen LogP contribution in [0.25, 0.3) is 0 Å². The van der Waals surface area contributed by atoms with Gasteiger partial charge >= 0.3 is 6.03 Å². The molecule has 124 valence electrons. The topological polar surface area (TPSA) is 78.5 Å². The summed E-state index contributed by atoms with van der Waals surface area (Å²) in [4.78, 5) is 36.6. The average Bonchev–Trinajstić information content (AvgIpc) is 2.70. The van der Waals surface area contributed by atoms with Crippen molar-refractivity contribution in [3.05, 3.63) is 29.8 Å². The summed E-state index contributed by atoms with van der Waals surface area (Å²) in [6.45, 7) is 3.34. The van der Waals surface area contributed by atoms with Gasteiger partial charge < -0.3 is 10.6 Å². The summed E-state index contributed by atoms with van der Waals surface area (Å²) in [6.07, 6.45) is 0.478. The predicted molar refractivity (Wildman–Crippen MR) is 78.5 cm³/mol. The third kappa shape index (κ3) is 4.02. The Bertz CT molecular complexity index is 649. The first-order valence-electron chi connectivity index (χ1n) is 7.14. The van der Waals surface area contributed by atoms with Crippen LogP contribution in [0, 0.1) is 17.6 Å². The van der Waals surface area contributed by atoms with E-state index in [0.717, 1.165) is 17.0 Å². The van der Waals surface area contributed by atoms with Crippen LogP contribution < -0.4 is 10.6 Å². The normalized spacial score (nSPS) is 17.6. The SMILES string of the molecule is CC(C)C[C@H]1NC(=O)N(CC(=O)Nc2ccc(F)c(F)c2)C1=O. The van der Waals surface area contributed by atoms with E-state index >= 15 is 0 Å². The molecule has 1 aromatic carbocycles. The van der Waals surface area contributed by atoms with E-state index in [2.05, 4.69) is 10.6 Å². The van der Waals surface area contributed by atoms with Crippen molar-refractivity contribution in [3.63, 3.8) is 0 Å². The molecule has 2 rings (SSSR count). The zero-order valence-electron chi connectivity index (χ0n) is 12.7. The number of benzene rings is 1. The standard InChI is InChI=1S/C15H17F2N3O3/c1-8(2)5-12-14(22)20(15(23)19-12)7-13(21)18-9-3-4-10(16)11(17)6-9/h3-4,6,8,12H,5,7H2,1-2H3,(H,18,21)(H,19,23)/t12-/m1/s1. The molecule has 0 radical (unpaired) electrons. The fraction of sp³-hybridized carbons (Fsp3) is 0.400. The fourth-order valence-corrected chi connectivity index (χ4v) is 2.28. The van der Waals surface area contributed by atoms with E-state index in [1.807, 2.05) is 13.8 Å². The van der Waals surface area contributed by atoms with Crippen molar-refractivity contribution in [1.82, 2.24) is 10.2 Å². The van der Waals surface area contributed by atoms with Gasteiger partial charge in [-0.3, -0.25) is 14.5 Å². The van der Waals surface area contributed by atoms with E-state index in [9.17, 15) is 23.2 Å². The number of nitrogens with zero attached hydrogens (tertiary/aromatic N) is 1. The summed E-state index contributed by atoms with van der Waals surface area (Å²) < 4.78 is 25.9. The first-order valence-corrected chi connectivity index (χ1v) is 7.14. The average molecular weight is 325 g/mol. The molecule has 0 bridgehead atoms. The third-order valence-corrected chi connectivity index (χ3v) is 3.32. The molecule has 0 spiro atoms. The van der Waals surface area contributed by atoms with Crippen LogP contribution >= 0.6 is 0 Å². The second kappa shape index (κ2) is 6.72. The van der Waals surface area contributed by atoms with Crippen molar-refractivity contribution in [1.29, 1.82) is 0 Å². The van der Waals surface area contributed by atoms with Gasteiger partial charge in [0.2, 0.25) is 5.91 Å². The highest BCUT2D eigenvalue weighted by atomic mass is 19.2. The lowest BCUT2D eigenvalue weighted by Crippen LogP contribution is -2.38. The van der Waals surface area contributed by atoms with Crippen LogP contribution in [0.5, 0.6) is 0 Å². The molecule has 1 fully saturated rings. The van der Waals surface area contributed by atoms with Gasteiger partial charge in [-0.1, -0.05) is 13.8 Å². The Balaban J connectivity index is 1.98. The molecule has 23 heavy (non-hydrogen) atoms. The minimum absolute atomic E-state index is 0.0414.